The molecule has 1 nitrogen and oxygen atoms in total. The lowest BCUT2D eigenvalue weighted by Crippen LogP contribution is -2.36. The summed E-state index contributed by atoms with van der Waals surface area (Å²) in [6, 6.07) is 11.3. The van der Waals surface area contributed by atoms with Crippen molar-refractivity contribution in [3.63, 3.8) is 0 Å². The zero-order valence-electron chi connectivity index (χ0n) is 12.6. The van der Waals surface area contributed by atoms with Gasteiger partial charge in [-0.3, -0.25) is 0 Å². The van der Waals surface area contributed by atoms with Crippen molar-refractivity contribution < 1.29 is 0 Å². The molecule has 0 heterocycles. The lowest BCUT2D eigenvalue weighted by atomic mass is 9.81. The van der Waals surface area contributed by atoms with E-state index >= 15 is 0 Å². The van der Waals surface area contributed by atoms with Crippen molar-refractivity contribution in [2.24, 2.45) is 11.7 Å². The molecule has 0 spiro atoms. The predicted molar refractivity (Wildman–Crippen MR) is 83.3 cm³/mol. The Hall–Kier alpha value is -0.820. The predicted octanol–water partition coefficient (Wildman–Crippen LogP) is 4.65. The summed E-state index contributed by atoms with van der Waals surface area (Å²) in [7, 11) is 0. The molecule has 1 fully saturated rings. The standard InChI is InChI=1S/C18H29N/c1-3-5-9-15(4-2)14-17(19)18(12-13-18)16-10-7-6-8-11-16/h6-8,10-11,15,17H,3-5,9,12-14,19H2,1-2H3. The van der Waals surface area contributed by atoms with Crippen LogP contribution in [0.1, 0.15) is 64.4 Å². The lowest BCUT2D eigenvalue weighted by Gasteiger charge is -2.27. The summed E-state index contributed by atoms with van der Waals surface area (Å²) >= 11 is 0. The van der Waals surface area contributed by atoms with Crippen LogP contribution in [0.2, 0.25) is 0 Å². The third-order valence-electron chi connectivity index (χ3n) is 4.98. The van der Waals surface area contributed by atoms with Crippen LogP contribution >= 0.6 is 0 Å². The minimum atomic E-state index is 0.306. The van der Waals surface area contributed by atoms with Gasteiger partial charge >= 0.3 is 0 Å². The Labute approximate surface area is 118 Å². The first-order valence-electron chi connectivity index (χ1n) is 8.04. The molecular weight excluding hydrogens is 230 g/mol. The van der Waals surface area contributed by atoms with Crippen LogP contribution in [-0.4, -0.2) is 6.04 Å². The van der Waals surface area contributed by atoms with Crippen LogP contribution in [0.15, 0.2) is 30.3 Å². The van der Waals surface area contributed by atoms with Crippen molar-refractivity contribution in [2.75, 3.05) is 0 Å². The van der Waals surface area contributed by atoms with E-state index in [4.69, 9.17) is 5.73 Å². The molecule has 19 heavy (non-hydrogen) atoms. The fourth-order valence-corrected chi connectivity index (χ4v) is 3.34. The first kappa shape index (κ1) is 14.6. The first-order valence-corrected chi connectivity index (χ1v) is 8.04. The maximum absolute atomic E-state index is 6.59. The molecule has 2 rings (SSSR count). The highest BCUT2D eigenvalue weighted by molar-refractivity contribution is 5.33. The summed E-state index contributed by atoms with van der Waals surface area (Å²) in [5, 5.41) is 0. The van der Waals surface area contributed by atoms with Crippen molar-refractivity contribution in [3.05, 3.63) is 35.9 Å². The SMILES string of the molecule is CCCCC(CC)CC(N)C1(c2ccccc2)CC1. The van der Waals surface area contributed by atoms with Crippen molar-refractivity contribution in [2.45, 2.75) is 70.3 Å². The number of hydrogen-bond acceptors (Lipinski definition) is 1. The molecule has 1 aliphatic rings. The summed E-state index contributed by atoms with van der Waals surface area (Å²) in [5.74, 6) is 0.816. The molecule has 0 bridgehead atoms. The van der Waals surface area contributed by atoms with Crippen LogP contribution in [0, 0.1) is 5.92 Å². The van der Waals surface area contributed by atoms with Crippen molar-refractivity contribution in [1.82, 2.24) is 0 Å². The van der Waals surface area contributed by atoms with Gasteiger partial charge in [-0.25, -0.2) is 0 Å². The van der Waals surface area contributed by atoms with Gasteiger partial charge in [0.2, 0.25) is 0 Å². The van der Waals surface area contributed by atoms with E-state index < -0.39 is 0 Å². The molecule has 2 unspecified atom stereocenters. The maximum Gasteiger partial charge on any atom is 0.0139 e. The quantitative estimate of drug-likeness (QED) is 0.722. The number of rotatable bonds is 8. The fraction of sp³-hybridized carbons (Fsp3) is 0.667. The van der Waals surface area contributed by atoms with Crippen LogP contribution in [-0.2, 0) is 5.41 Å². The Morgan fingerprint density at radius 2 is 1.84 bits per heavy atom. The molecule has 0 amide bonds. The van der Waals surface area contributed by atoms with Gasteiger partial charge in [-0.1, -0.05) is 69.9 Å². The third kappa shape index (κ3) is 3.39. The minimum absolute atomic E-state index is 0.306. The van der Waals surface area contributed by atoms with Crippen molar-refractivity contribution in [1.29, 1.82) is 0 Å². The Bertz CT molecular complexity index is 367. The lowest BCUT2D eigenvalue weighted by molar-refractivity contribution is 0.348. The van der Waals surface area contributed by atoms with E-state index in [1.54, 1.807) is 0 Å². The van der Waals surface area contributed by atoms with Gasteiger partial charge in [0.25, 0.3) is 0 Å². The molecule has 0 aromatic heterocycles. The fourth-order valence-electron chi connectivity index (χ4n) is 3.34. The molecule has 1 aromatic rings. The minimum Gasteiger partial charge on any atom is -0.327 e. The van der Waals surface area contributed by atoms with E-state index in [9.17, 15) is 0 Å². The summed E-state index contributed by atoms with van der Waals surface area (Å²) in [6.07, 6.45) is 9.04. The van der Waals surface area contributed by atoms with Gasteiger partial charge in [-0.05, 0) is 30.7 Å². The van der Waals surface area contributed by atoms with E-state index in [1.807, 2.05) is 0 Å². The van der Waals surface area contributed by atoms with Gasteiger partial charge in [0.15, 0.2) is 0 Å². The largest absolute Gasteiger partial charge is 0.327 e. The van der Waals surface area contributed by atoms with Crippen LogP contribution < -0.4 is 5.73 Å². The van der Waals surface area contributed by atoms with Crippen LogP contribution in [0.5, 0.6) is 0 Å². The van der Waals surface area contributed by atoms with E-state index in [-0.39, 0.29) is 0 Å². The van der Waals surface area contributed by atoms with E-state index in [0.717, 1.165) is 5.92 Å². The van der Waals surface area contributed by atoms with E-state index in [0.29, 0.717) is 11.5 Å². The van der Waals surface area contributed by atoms with Crippen molar-refractivity contribution in [3.8, 4) is 0 Å². The highest BCUT2D eigenvalue weighted by Gasteiger charge is 2.49. The average molecular weight is 259 g/mol. The zero-order valence-corrected chi connectivity index (χ0v) is 12.6. The second-order valence-electron chi connectivity index (χ2n) is 6.28. The highest BCUT2D eigenvalue weighted by atomic mass is 14.7. The van der Waals surface area contributed by atoms with Gasteiger partial charge in [0, 0.05) is 11.5 Å². The molecule has 1 heteroatoms. The van der Waals surface area contributed by atoms with Gasteiger partial charge in [0.05, 0.1) is 0 Å². The van der Waals surface area contributed by atoms with Crippen LogP contribution in [0.4, 0.5) is 0 Å². The Balaban J connectivity index is 1.97. The van der Waals surface area contributed by atoms with Gasteiger partial charge in [-0.2, -0.15) is 0 Å². The molecular formula is C18H29N. The molecule has 2 N–H and O–H groups in total. The molecule has 0 saturated heterocycles. The number of nitrogens with two attached hydrogens (primary N) is 1. The number of benzene rings is 1. The van der Waals surface area contributed by atoms with Gasteiger partial charge in [0.1, 0.15) is 0 Å². The molecule has 0 radical (unpaired) electrons. The number of hydrogen-bond donors (Lipinski definition) is 1. The third-order valence-corrected chi connectivity index (χ3v) is 4.98. The normalized spacial score (nSPS) is 19.9. The molecule has 1 aliphatic carbocycles. The molecule has 2 atom stereocenters. The smallest absolute Gasteiger partial charge is 0.0139 e. The molecule has 1 aromatic carbocycles. The topological polar surface area (TPSA) is 26.0 Å². The average Bonchev–Trinajstić information content (AvgIpc) is 3.26. The van der Waals surface area contributed by atoms with Gasteiger partial charge < -0.3 is 5.73 Å². The zero-order chi connectivity index (χ0) is 13.7. The van der Waals surface area contributed by atoms with E-state index in [1.165, 1.54) is 50.5 Å². The summed E-state index contributed by atoms with van der Waals surface area (Å²) < 4.78 is 0. The first-order chi connectivity index (χ1) is 9.23. The Kier molecular flexibility index (Phi) is 5.04. The molecule has 106 valence electrons. The summed E-state index contributed by atoms with van der Waals surface area (Å²) in [5.41, 5.74) is 8.37. The summed E-state index contributed by atoms with van der Waals surface area (Å²) in [4.78, 5) is 0. The van der Waals surface area contributed by atoms with Crippen LogP contribution in [0.3, 0.4) is 0 Å². The maximum atomic E-state index is 6.59. The molecule has 0 aliphatic heterocycles. The van der Waals surface area contributed by atoms with Gasteiger partial charge in [-0.15, -0.1) is 0 Å². The second kappa shape index (κ2) is 6.56. The number of unbranched alkanes of at least 4 members (excludes halogenated alkanes) is 1. The molecule has 1 saturated carbocycles. The highest BCUT2D eigenvalue weighted by Crippen LogP contribution is 2.51. The van der Waals surface area contributed by atoms with Crippen LogP contribution in [0.25, 0.3) is 0 Å². The Morgan fingerprint density at radius 3 is 2.37 bits per heavy atom. The summed E-state index contributed by atoms with van der Waals surface area (Å²) in [6.45, 7) is 4.59. The Morgan fingerprint density at radius 1 is 1.16 bits per heavy atom. The van der Waals surface area contributed by atoms with Crippen molar-refractivity contribution >= 4 is 0 Å². The van der Waals surface area contributed by atoms with E-state index in [2.05, 4.69) is 44.2 Å². The monoisotopic (exact) mass is 259 g/mol. The second-order valence-corrected chi connectivity index (χ2v) is 6.28.